The minimum atomic E-state index is -3.64. The normalized spacial score (nSPS) is 11.8. The Bertz CT molecular complexity index is 1440. The smallest absolute Gasteiger partial charge is 0.321 e. The number of anilines is 1. The number of hydrogen-bond acceptors (Lipinski definition) is 6. The van der Waals surface area contributed by atoms with Crippen molar-refractivity contribution in [1.29, 1.82) is 0 Å². The SMILES string of the molecule is CCc1cnc2c(c1NC(=O)c1ccc(S(=O)(=O)N(CC)CC)cc1)c(=O)n(C)c(=O)n2C. The maximum absolute atomic E-state index is 13.0. The van der Waals surface area contributed by atoms with Crippen LogP contribution in [0, 0.1) is 0 Å². The van der Waals surface area contributed by atoms with Crippen LogP contribution in [0.15, 0.2) is 44.9 Å². The van der Waals surface area contributed by atoms with Crippen molar-refractivity contribution >= 4 is 32.7 Å². The lowest BCUT2D eigenvalue weighted by molar-refractivity contribution is 0.102. The van der Waals surface area contributed by atoms with E-state index in [9.17, 15) is 22.8 Å². The van der Waals surface area contributed by atoms with Gasteiger partial charge in [0.05, 0.1) is 10.6 Å². The van der Waals surface area contributed by atoms with Crippen LogP contribution < -0.4 is 16.6 Å². The summed E-state index contributed by atoms with van der Waals surface area (Å²) < 4.78 is 28.9. The fraction of sp³-hybridized carbons (Fsp3) is 0.364. The van der Waals surface area contributed by atoms with Crippen LogP contribution in [0.2, 0.25) is 0 Å². The van der Waals surface area contributed by atoms with Gasteiger partial charge in [0.1, 0.15) is 5.39 Å². The lowest BCUT2D eigenvalue weighted by Gasteiger charge is -2.18. The van der Waals surface area contributed by atoms with E-state index in [1.54, 1.807) is 13.8 Å². The number of aryl methyl sites for hydroxylation is 2. The van der Waals surface area contributed by atoms with Crippen molar-refractivity contribution in [1.82, 2.24) is 18.4 Å². The minimum absolute atomic E-state index is 0.0928. The number of pyridine rings is 1. The predicted molar refractivity (Wildman–Crippen MR) is 126 cm³/mol. The van der Waals surface area contributed by atoms with Gasteiger partial charge in [-0.25, -0.2) is 18.2 Å². The van der Waals surface area contributed by atoms with Crippen LogP contribution in [0.5, 0.6) is 0 Å². The van der Waals surface area contributed by atoms with Gasteiger partial charge in [0.2, 0.25) is 10.0 Å². The highest BCUT2D eigenvalue weighted by Crippen LogP contribution is 2.24. The molecule has 1 N–H and O–H groups in total. The zero-order valence-corrected chi connectivity index (χ0v) is 20.1. The van der Waals surface area contributed by atoms with Gasteiger partial charge in [-0.1, -0.05) is 20.8 Å². The number of benzene rings is 1. The molecule has 10 nitrogen and oxygen atoms in total. The van der Waals surface area contributed by atoms with Crippen molar-refractivity contribution in [2.45, 2.75) is 32.1 Å². The molecule has 0 fully saturated rings. The number of nitrogens with one attached hydrogen (secondary N) is 1. The van der Waals surface area contributed by atoms with Crippen LogP contribution in [-0.4, -0.2) is 45.8 Å². The number of rotatable bonds is 7. The van der Waals surface area contributed by atoms with E-state index >= 15 is 0 Å². The first-order chi connectivity index (χ1) is 15.6. The summed E-state index contributed by atoms with van der Waals surface area (Å²) in [5.41, 5.74) is 0.215. The van der Waals surface area contributed by atoms with Gasteiger partial charge in [-0.15, -0.1) is 0 Å². The summed E-state index contributed by atoms with van der Waals surface area (Å²) in [6.45, 7) is 6.05. The van der Waals surface area contributed by atoms with Crippen LogP contribution in [0.1, 0.15) is 36.7 Å². The molecule has 0 aliphatic carbocycles. The van der Waals surface area contributed by atoms with Crippen molar-refractivity contribution in [3.8, 4) is 0 Å². The average molecular weight is 474 g/mol. The van der Waals surface area contributed by atoms with E-state index in [-0.39, 0.29) is 27.2 Å². The first-order valence-electron chi connectivity index (χ1n) is 10.6. The lowest BCUT2D eigenvalue weighted by atomic mass is 10.1. The molecule has 33 heavy (non-hydrogen) atoms. The zero-order valence-electron chi connectivity index (χ0n) is 19.2. The Kier molecular flexibility index (Phi) is 6.84. The lowest BCUT2D eigenvalue weighted by Crippen LogP contribution is -2.38. The molecule has 11 heteroatoms. The van der Waals surface area contributed by atoms with Gasteiger partial charge >= 0.3 is 5.69 Å². The van der Waals surface area contributed by atoms with E-state index in [4.69, 9.17) is 0 Å². The fourth-order valence-electron chi connectivity index (χ4n) is 3.65. The maximum atomic E-state index is 13.0. The average Bonchev–Trinajstić information content (AvgIpc) is 2.81. The molecule has 1 amide bonds. The molecular weight excluding hydrogens is 446 g/mol. The zero-order chi connectivity index (χ0) is 24.5. The van der Waals surface area contributed by atoms with Crippen molar-refractivity contribution in [2.24, 2.45) is 14.1 Å². The van der Waals surface area contributed by atoms with Gasteiger partial charge in [0.25, 0.3) is 11.5 Å². The Hall–Kier alpha value is -3.31. The molecule has 2 aromatic heterocycles. The third-order valence-corrected chi connectivity index (χ3v) is 7.69. The molecule has 0 aliphatic rings. The molecule has 176 valence electrons. The Balaban J connectivity index is 2.06. The first-order valence-corrected chi connectivity index (χ1v) is 12.0. The summed E-state index contributed by atoms with van der Waals surface area (Å²) in [7, 11) is -0.777. The van der Waals surface area contributed by atoms with Gasteiger partial charge < -0.3 is 5.32 Å². The van der Waals surface area contributed by atoms with Crippen LogP contribution in [0.4, 0.5) is 5.69 Å². The molecule has 2 heterocycles. The van der Waals surface area contributed by atoms with Crippen LogP contribution >= 0.6 is 0 Å². The minimum Gasteiger partial charge on any atom is -0.321 e. The van der Waals surface area contributed by atoms with Gasteiger partial charge in [0, 0.05) is 38.9 Å². The van der Waals surface area contributed by atoms with Gasteiger partial charge in [0.15, 0.2) is 5.65 Å². The standard InChI is InChI=1S/C22H27N5O5S/c1-6-14-13-23-19-17(21(29)26(5)22(30)25(19)4)18(14)24-20(28)15-9-11-16(12-10-15)33(31,32)27(7-2)8-3/h9-13H,6-8H2,1-5H3,(H,23,24,28). The summed E-state index contributed by atoms with van der Waals surface area (Å²) in [4.78, 5) is 42.5. The number of aromatic nitrogens is 3. The molecule has 0 saturated carbocycles. The van der Waals surface area contributed by atoms with E-state index < -0.39 is 27.2 Å². The molecule has 0 spiro atoms. The summed E-state index contributed by atoms with van der Waals surface area (Å²) in [6, 6.07) is 5.62. The largest absolute Gasteiger partial charge is 0.332 e. The van der Waals surface area contributed by atoms with Crippen molar-refractivity contribution in [3.63, 3.8) is 0 Å². The summed E-state index contributed by atoms with van der Waals surface area (Å²) >= 11 is 0. The number of nitrogens with zero attached hydrogens (tertiary/aromatic N) is 4. The maximum Gasteiger partial charge on any atom is 0.332 e. The molecule has 3 aromatic rings. The van der Waals surface area contributed by atoms with Crippen molar-refractivity contribution in [2.75, 3.05) is 18.4 Å². The molecule has 0 aliphatic heterocycles. The van der Waals surface area contributed by atoms with E-state index in [1.807, 2.05) is 6.92 Å². The number of fused-ring (bicyclic) bond motifs is 1. The fourth-order valence-corrected chi connectivity index (χ4v) is 5.11. The summed E-state index contributed by atoms with van der Waals surface area (Å²) in [6.07, 6.45) is 2.02. The van der Waals surface area contributed by atoms with E-state index in [2.05, 4.69) is 10.3 Å². The molecule has 0 atom stereocenters. The molecule has 3 rings (SSSR count). The van der Waals surface area contributed by atoms with E-state index in [1.165, 1.54) is 53.4 Å². The quantitative estimate of drug-likeness (QED) is 0.554. The number of amides is 1. The van der Waals surface area contributed by atoms with Gasteiger partial charge in [-0.05, 0) is 36.2 Å². The van der Waals surface area contributed by atoms with E-state index in [0.717, 1.165) is 4.57 Å². The first kappa shape index (κ1) is 24.3. The highest BCUT2D eigenvalue weighted by atomic mass is 32.2. The van der Waals surface area contributed by atoms with Gasteiger partial charge in [-0.2, -0.15) is 4.31 Å². The second-order valence-electron chi connectivity index (χ2n) is 7.48. The van der Waals surface area contributed by atoms with E-state index in [0.29, 0.717) is 25.1 Å². The second kappa shape index (κ2) is 9.28. The Morgan fingerprint density at radius 1 is 1.03 bits per heavy atom. The number of carbonyl (C=O) groups excluding carboxylic acids is 1. The third kappa shape index (κ3) is 4.21. The van der Waals surface area contributed by atoms with Crippen molar-refractivity contribution in [3.05, 3.63) is 62.4 Å². The number of carbonyl (C=O) groups is 1. The second-order valence-corrected chi connectivity index (χ2v) is 9.42. The monoisotopic (exact) mass is 473 g/mol. The van der Waals surface area contributed by atoms with Crippen LogP contribution in [-0.2, 0) is 30.5 Å². The van der Waals surface area contributed by atoms with Crippen LogP contribution in [0.3, 0.4) is 0 Å². The molecular formula is C22H27N5O5S. The summed E-state index contributed by atoms with van der Waals surface area (Å²) in [5, 5.41) is 2.90. The Morgan fingerprint density at radius 3 is 2.18 bits per heavy atom. The molecule has 0 radical (unpaired) electrons. The topological polar surface area (TPSA) is 123 Å². The summed E-state index contributed by atoms with van der Waals surface area (Å²) in [5.74, 6) is -0.514. The predicted octanol–water partition coefficient (Wildman–Crippen LogP) is 1.48. The molecule has 0 unspecified atom stereocenters. The van der Waals surface area contributed by atoms with Crippen molar-refractivity contribution < 1.29 is 13.2 Å². The number of hydrogen-bond donors (Lipinski definition) is 1. The Labute approximate surface area is 191 Å². The highest BCUT2D eigenvalue weighted by Gasteiger charge is 2.23. The number of sulfonamides is 1. The molecule has 1 aromatic carbocycles. The molecule has 0 saturated heterocycles. The highest BCUT2D eigenvalue weighted by molar-refractivity contribution is 7.89. The third-order valence-electron chi connectivity index (χ3n) is 5.63. The van der Waals surface area contributed by atoms with Crippen LogP contribution in [0.25, 0.3) is 11.0 Å². The Morgan fingerprint density at radius 2 is 1.64 bits per heavy atom. The molecule has 0 bridgehead atoms. The van der Waals surface area contributed by atoms with Gasteiger partial charge in [-0.3, -0.25) is 18.7 Å².